The second-order valence-corrected chi connectivity index (χ2v) is 4.01. The highest BCUT2D eigenvalue weighted by molar-refractivity contribution is 4.96. The van der Waals surface area contributed by atoms with E-state index in [2.05, 4.69) is 25.5 Å². The Kier molecular flexibility index (Phi) is 3.29. The van der Waals surface area contributed by atoms with Crippen LogP contribution in [-0.2, 0) is 0 Å². The molecule has 70 valence electrons. The van der Waals surface area contributed by atoms with Gasteiger partial charge in [-0.1, -0.05) is 12.2 Å². The lowest BCUT2D eigenvalue weighted by molar-refractivity contribution is 0.241. The molecular weight excluding hydrogens is 148 g/mol. The summed E-state index contributed by atoms with van der Waals surface area (Å²) in [6.07, 6.45) is 2.73. The minimum atomic E-state index is 0.585. The Bertz CT molecular complexity index is 161. The Labute approximate surface area is 75.4 Å². The number of hydrogen-bond donors (Lipinski definition) is 1. The lowest BCUT2D eigenvalue weighted by Gasteiger charge is -2.26. The molecule has 0 saturated heterocycles. The molecule has 0 heterocycles. The van der Waals surface area contributed by atoms with Crippen LogP contribution in [0.1, 0.15) is 19.8 Å². The van der Waals surface area contributed by atoms with E-state index in [4.69, 9.17) is 5.73 Å². The van der Waals surface area contributed by atoms with E-state index in [1.807, 2.05) is 0 Å². The lowest BCUT2D eigenvalue weighted by Crippen LogP contribution is -2.40. The minimum Gasteiger partial charge on any atom is -0.329 e. The van der Waals surface area contributed by atoms with Crippen LogP contribution in [0.5, 0.6) is 0 Å². The van der Waals surface area contributed by atoms with Crippen molar-refractivity contribution >= 4 is 0 Å². The third-order valence-electron chi connectivity index (χ3n) is 2.49. The molecule has 0 aliphatic heterocycles. The van der Waals surface area contributed by atoms with Crippen molar-refractivity contribution in [1.82, 2.24) is 4.90 Å². The summed E-state index contributed by atoms with van der Waals surface area (Å²) in [5.41, 5.74) is 6.94. The first-order valence-electron chi connectivity index (χ1n) is 4.70. The zero-order valence-corrected chi connectivity index (χ0v) is 8.21. The molecular formula is C10H20N2. The molecule has 1 atom stereocenters. The second-order valence-electron chi connectivity index (χ2n) is 4.01. The van der Waals surface area contributed by atoms with E-state index in [0.717, 1.165) is 19.0 Å². The Hall–Kier alpha value is -0.340. The molecule has 1 rings (SSSR count). The summed E-state index contributed by atoms with van der Waals surface area (Å²) in [5.74, 6) is 0.861. The van der Waals surface area contributed by atoms with E-state index in [1.165, 1.54) is 18.4 Å². The Balaban J connectivity index is 2.35. The average molecular weight is 168 g/mol. The summed E-state index contributed by atoms with van der Waals surface area (Å²) < 4.78 is 0. The van der Waals surface area contributed by atoms with Gasteiger partial charge in [0.25, 0.3) is 0 Å². The fourth-order valence-corrected chi connectivity index (χ4v) is 1.76. The molecule has 0 spiro atoms. The van der Waals surface area contributed by atoms with Gasteiger partial charge in [0.2, 0.25) is 0 Å². The van der Waals surface area contributed by atoms with Crippen LogP contribution in [0.15, 0.2) is 12.2 Å². The van der Waals surface area contributed by atoms with Crippen molar-refractivity contribution < 1.29 is 0 Å². The highest BCUT2D eigenvalue weighted by Gasteiger charge is 2.32. The van der Waals surface area contributed by atoms with Crippen LogP contribution >= 0.6 is 0 Å². The topological polar surface area (TPSA) is 29.3 Å². The fourth-order valence-electron chi connectivity index (χ4n) is 1.76. The number of likely N-dealkylation sites (N-methyl/N-ethyl adjacent to an activating group) is 1. The Morgan fingerprint density at radius 2 is 2.25 bits per heavy atom. The summed E-state index contributed by atoms with van der Waals surface area (Å²) in [6, 6.07) is 0.585. The van der Waals surface area contributed by atoms with E-state index in [0.29, 0.717) is 6.04 Å². The summed E-state index contributed by atoms with van der Waals surface area (Å²) in [6.45, 7) is 7.75. The van der Waals surface area contributed by atoms with Crippen LogP contribution in [-0.4, -0.2) is 31.1 Å². The van der Waals surface area contributed by atoms with Crippen molar-refractivity contribution in [2.45, 2.75) is 25.8 Å². The van der Waals surface area contributed by atoms with Gasteiger partial charge in [0.15, 0.2) is 0 Å². The molecule has 2 heteroatoms. The van der Waals surface area contributed by atoms with Crippen molar-refractivity contribution in [2.24, 2.45) is 11.7 Å². The van der Waals surface area contributed by atoms with Crippen molar-refractivity contribution in [2.75, 3.05) is 20.1 Å². The monoisotopic (exact) mass is 168 g/mol. The number of nitrogens with two attached hydrogens (primary N) is 1. The summed E-state index contributed by atoms with van der Waals surface area (Å²) >= 11 is 0. The normalized spacial score (nSPS) is 19.7. The predicted molar refractivity (Wildman–Crippen MR) is 53.0 cm³/mol. The van der Waals surface area contributed by atoms with Crippen molar-refractivity contribution in [1.29, 1.82) is 0 Å². The molecule has 1 aliphatic rings. The number of rotatable bonds is 5. The van der Waals surface area contributed by atoms with Gasteiger partial charge in [-0.25, -0.2) is 0 Å². The first-order chi connectivity index (χ1) is 5.65. The maximum Gasteiger partial charge on any atom is 0.0246 e. The SMILES string of the molecule is C=C(C)CN(C)C(CN)C1CC1. The molecule has 0 aromatic carbocycles. The zero-order valence-electron chi connectivity index (χ0n) is 8.21. The second kappa shape index (κ2) is 4.06. The van der Waals surface area contributed by atoms with Crippen LogP contribution in [0.4, 0.5) is 0 Å². The van der Waals surface area contributed by atoms with Crippen molar-refractivity contribution in [3.63, 3.8) is 0 Å². The molecule has 1 saturated carbocycles. The predicted octanol–water partition coefficient (Wildman–Crippen LogP) is 1.23. The quantitative estimate of drug-likeness (QED) is 0.626. The van der Waals surface area contributed by atoms with Crippen LogP contribution < -0.4 is 5.73 Å². The van der Waals surface area contributed by atoms with Gasteiger partial charge in [0.05, 0.1) is 0 Å². The fraction of sp³-hybridized carbons (Fsp3) is 0.800. The largest absolute Gasteiger partial charge is 0.329 e. The average Bonchev–Trinajstić information content (AvgIpc) is 2.70. The lowest BCUT2D eigenvalue weighted by atomic mass is 10.1. The Morgan fingerprint density at radius 1 is 1.67 bits per heavy atom. The van der Waals surface area contributed by atoms with Crippen LogP contribution in [0.25, 0.3) is 0 Å². The van der Waals surface area contributed by atoms with E-state index < -0.39 is 0 Å². The van der Waals surface area contributed by atoms with Crippen LogP contribution in [0, 0.1) is 5.92 Å². The molecule has 0 aromatic heterocycles. The van der Waals surface area contributed by atoms with Gasteiger partial charge in [0.1, 0.15) is 0 Å². The maximum absolute atomic E-state index is 5.72. The van der Waals surface area contributed by atoms with Crippen molar-refractivity contribution in [3.05, 3.63) is 12.2 Å². The molecule has 1 aliphatic carbocycles. The smallest absolute Gasteiger partial charge is 0.0246 e. The molecule has 1 unspecified atom stereocenters. The minimum absolute atomic E-state index is 0.585. The highest BCUT2D eigenvalue weighted by atomic mass is 15.1. The molecule has 1 fully saturated rings. The molecule has 0 aromatic rings. The van der Waals surface area contributed by atoms with Crippen molar-refractivity contribution in [3.8, 4) is 0 Å². The standard InChI is InChI=1S/C10H20N2/c1-8(2)7-12(3)10(6-11)9-4-5-9/h9-10H,1,4-7,11H2,2-3H3. The van der Waals surface area contributed by atoms with Crippen LogP contribution in [0.2, 0.25) is 0 Å². The molecule has 12 heavy (non-hydrogen) atoms. The molecule has 0 radical (unpaired) electrons. The zero-order chi connectivity index (χ0) is 9.14. The summed E-state index contributed by atoms with van der Waals surface area (Å²) in [4.78, 5) is 2.33. The van der Waals surface area contributed by atoms with Gasteiger partial charge in [-0.15, -0.1) is 0 Å². The summed E-state index contributed by atoms with van der Waals surface area (Å²) in [7, 11) is 2.14. The molecule has 0 bridgehead atoms. The van der Waals surface area contributed by atoms with E-state index >= 15 is 0 Å². The van der Waals surface area contributed by atoms with Crippen LogP contribution in [0.3, 0.4) is 0 Å². The third kappa shape index (κ3) is 2.61. The highest BCUT2D eigenvalue weighted by Crippen LogP contribution is 2.34. The molecule has 2 N–H and O–H groups in total. The van der Waals surface area contributed by atoms with E-state index in [1.54, 1.807) is 0 Å². The number of nitrogens with zero attached hydrogens (tertiary/aromatic N) is 1. The van der Waals surface area contributed by atoms with Gasteiger partial charge in [0, 0.05) is 19.1 Å². The van der Waals surface area contributed by atoms with E-state index in [-0.39, 0.29) is 0 Å². The Morgan fingerprint density at radius 3 is 2.58 bits per heavy atom. The van der Waals surface area contributed by atoms with Gasteiger partial charge in [-0.2, -0.15) is 0 Å². The molecule has 0 amide bonds. The van der Waals surface area contributed by atoms with Gasteiger partial charge in [-0.3, -0.25) is 4.90 Å². The summed E-state index contributed by atoms with van der Waals surface area (Å²) in [5, 5.41) is 0. The first kappa shape index (κ1) is 9.75. The van der Waals surface area contributed by atoms with Gasteiger partial charge >= 0.3 is 0 Å². The maximum atomic E-state index is 5.72. The number of hydrogen-bond acceptors (Lipinski definition) is 2. The first-order valence-corrected chi connectivity index (χ1v) is 4.70. The third-order valence-corrected chi connectivity index (χ3v) is 2.49. The molecule has 2 nitrogen and oxygen atoms in total. The van der Waals surface area contributed by atoms with Gasteiger partial charge < -0.3 is 5.73 Å². The van der Waals surface area contributed by atoms with Gasteiger partial charge in [-0.05, 0) is 32.7 Å². The van der Waals surface area contributed by atoms with E-state index in [9.17, 15) is 0 Å².